The molecule has 5 nitrogen and oxygen atoms in total. The first kappa shape index (κ1) is 17.0. The highest BCUT2D eigenvalue weighted by atomic mass is 16.5. The number of hydrogen-bond acceptors (Lipinski definition) is 4. The number of unbranched alkanes of at least 4 members (excludes halogenated alkanes) is 1. The first-order chi connectivity index (χ1) is 11.1. The molecule has 0 saturated heterocycles. The van der Waals surface area contributed by atoms with Gasteiger partial charge in [0.1, 0.15) is 23.8 Å². The second kappa shape index (κ2) is 7.77. The molecular weight excluding hydrogens is 288 g/mol. The molecule has 1 unspecified atom stereocenters. The van der Waals surface area contributed by atoms with Crippen molar-refractivity contribution in [1.82, 2.24) is 14.8 Å². The normalized spacial score (nSPS) is 13.5. The zero-order chi connectivity index (χ0) is 16.7. The van der Waals surface area contributed by atoms with E-state index < -0.39 is 5.41 Å². The first-order valence-electron chi connectivity index (χ1n) is 8.11. The van der Waals surface area contributed by atoms with E-state index in [0.717, 1.165) is 30.6 Å². The van der Waals surface area contributed by atoms with Gasteiger partial charge in [-0.1, -0.05) is 38.0 Å². The van der Waals surface area contributed by atoms with Crippen molar-refractivity contribution in [3.8, 4) is 11.8 Å². The van der Waals surface area contributed by atoms with Crippen LogP contribution >= 0.6 is 0 Å². The molecular formula is C18H24N4O. The molecule has 1 atom stereocenters. The van der Waals surface area contributed by atoms with Crippen molar-refractivity contribution < 1.29 is 4.74 Å². The van der Waals surface area contributed by atoms with Crippen LogP contribution in [0, 0.1) is 11.3 Å². The number of para-hydroxylation sites is 1. The summed E-state index contributed by atoms with van der Waals surface area (Å²) in [5, 5.41) is 14.2. The molecule has 2 rings (SSSR count). The molecule has 0 aliphatic rings. The standard InChI is InChI=1S/C18H24N4O/c1-4-5-10-18(11-19,12-22-14-20-13-21-22)16-8-6-7-9-17(16)23-15(2)3/h6-9,13-15H,4-5,10,12H2,1-3H3. The molecule has 0 fully saturated rings. The molecule has 0 aliphatic heterocycles. The van der Waals surface area contributed by atoms with Crippen LogP contribution in [0.15, 0.2) is 36.9 Å². The van der Waals surface area contributed by atoms with Crippen molar-refractivity contribution in [2.75, 3.05) is 0 Å². The number of hydrogen-bond donors (Lipinski definition) is 0. The van der Waals surface area contributed by atoms with Crippen LogP contribution in [-0.4, -0.2) is 20.9 Å². The summed E-state index contributed by atoms with van der Waals surface area (Å²) in [6, 6.07) is 10.4. The third-order valence-electron chi connectivity index (χ3n) is 3.83. The van der Waals surface area contributed by atoms with Crippen LogP contribution in [0.1, 0.15) is 45.6 Å². The second-order valence-electron chi connectivity index (χ2n) is 6.05. The Morgan fingerprint density at radius 3 is 2.74 bits per heavy atom. The van der Waals surface area contributed by atoms with Gasteiger partial charge in [-0.25, -0.2) is 4.98 Å². The summed E-state index contributed by atoms with van der Waals surface area (Å²) in [6.45, 7) is 6.60. The van der Waals surface area contributed by atoms with E-state index in [9.17, 15) is 5.26 Å². The lowest BCUT2D eigenvalue weighted by Gasteiger charge is -2.29. The number of benzene rings is 1. The van der Waals surface area contributed by atoms with Gasteiger partial charge in [0.15, 0.2) is 0 Å². The topological polar surface area (TPSA) is 63.7 Å². The smallest absolute Gasteiger partial charge is 0.137 e. The molecule has 0 saturated carbocycles. The number of aromatic nitrogens is 3. The summed E-state index contributed by atoms with van der Waals surface area (Å²) in [4.78, 5) is 4.00. The third-order valence-corrected chi connectivity index (χ3v) is 3.83. The summed E-state index contributed by atoms with van der Waals surface area (Å²) < 4.78 is 7.68. The Morgan fingerprint density at radius 2 is 2.13 bits per heavy atom. The quantitative estimate of drug-likeness (QED) is 0.745. The third kappa shape index (κ3) is 4.10. The number of ether oxygens (including phenoxy) is 1. The molecule has 1 heterocycles. The Labute approximate surface area is 137 Å². The molecule has 1 aromatic carbocycles. The van der Waals surface area contributed by atoms with Crippen molar-refractivity contribution in [3.05, 3.63) is 42.5 Å². The van der Waals surface area contributed by atoms with Gasteiger partial charge in [-0.05, 0) is 26.3 Å². The molecule has 0 spiro atoms. The van der Waals surface area contributed by atoms with Crippen LogP contribution in [-0.2, 0) is 12.0 Å². The summed E-state index contributed by atoms with van der Waals surface area (Å²) >= 11 is 0. The van der Waals surface area contributed by atoms with Gasteiger partial charge in [0.05, 0.1) is 18.7 Å². The van der Waals surface area contributed by atoms with Gasteiger partial charge in [-0.3, -0.25) is 4.68 Å². The molecule has 0 radical (unpaired) electrons. The van der Waals surface area contributed by atoms with Crippen LogP contribution in [0.4, 0.5) is 0 Å². The number of nitrogens with zero attached hydrogens (tertiary/aromatic N) is 4. The van der Waals surface area contributed by atoms with Crippen molar-refractivity contribution in [3.63, 3.8) is 0 Å². The second-order valence-corrected chi connectivity index (χ2v) is 6.05. The largest absolute Gasteiger partial charge is 0.491 e. The van der Waals surface area contributed by atoms with E-state index in [4.69, 9.17) is 4.74 Å². The van der Waals surface area contributed by atoms with E-state index in [1.165, 1.54) is 6.33 Å². The minimum atomic E-state index is -0.671. The molecule has 23 heavy (non-hydrogen) atoms. The maximum atomic E-state index is 10.0. The average molecular weight is 312 g/mol. The van der Waals surface area contributed by atoms with Crippen molar-refractivity contribution in [2.24, 2.45) is 0 Å². The van der Waals surface area contributed by atoms with E-state index in [-0.39, 0.29) is 6.10 Å². The minimum Gasteiger partial charge on any atom is -0.491 e. The van der Waals surface area contributed by atoms with Gasteiger partial charge in [-0.15, -0.1) is 0 Å². The Hall–Kier alpha value is -2.35. The maximum absolute atomic E-state index is 10.0. The molecule has 122 valence electrons. The van der Waals surface area contributed by atoms with Crippen molar-refractivity contribution in [1.29, 1.82) is 5.26 Å². The SMILES string of the molecule is CCCCC(C#N)(Cn1cncn1)c1ccccc1OC(C)C. The lowest BCUT2D eigenvalue weighted by Crippen LogP contribution is -2.31. The Bertz CT molecular complexity index is 645. The molecule has 0 amide bonds. The van der Waals surface area contributed by atoms with E-state index in [0.29, 0.717) is 6.54 Å². The molecule has 0 bridgehead atoms. The van der Waals surface area contributed by atoms with E-state index in [1.54, 1.807) is 11.0 Å². The molecule has 0 aliphatic carbocycles. The highest BCUT2D eigenvalue weighted by Crippen LogP contribution is 2.37. The van der Waals surface area contributed by atoms with Crippen LogP contribution < -0.4 is 4.74 Å². The van der Waals surface area contributed by atoms with Crippen LogP contribution in [0.5, 0.6) is 5.75 Å². The lowest BCUT2D eigenvalue weighted by molar-refractivity contribution is 0.233. The average Bonchev–Trinajstić information content (AvgIpc) is 3.04. The Balaban J connectivity index is 2.46. The van der Waals surface area contributed by atoms with Crippen molar-refractivity contribution in [2.45, 2.75) is 58.1 Å². The molecule has 1 aromatic heterocycles. The monoisotopic (exact) mass is 312 g/mol. The fraction of sp³-hybridized carbons (Fsp3) is 0.500. The van der Waals surface area contributed by atoms with Gasteiger partial charge in [0.25, 0.3) is 0 Å². The van der Waals surface area contributed by atoms with E-state index >= 15 is 0 Å². The predicted molar refractivity (Wildman–Crippen MR) is 89.0 cm³/mol. The van der Waals surface area contributed by atoms with Gasteiger partial charge in [-0.2, -0.15) is 10.4 Å². The highest BCUT2D eigenvalue weighted by Gasteiger charge is 2.35. The fourth-order valence-electron chi connectivity index (χ4n) is 2.74. The van der Waals surface area contributed by atoms with Gasteiger partial charge in [0.2, 0.25) is 0 Å². The maximum Gasteiger partial charge on any atom is 0.137 e. The van der Waals surface area contributed by atoms with Gasteiger partial charge < -0.3 is 4.74 Å². The summed E-state index contributed by atoms with van der Waals surface area (Å²) in [6.07, 6.45) is 5.98. The predicted octanol–water partition coefficient (Wildman–Crippen LogP) is 3.72. The summed E-state index contributed by atoms with van der Waals surface area (Å²) in [7, 11) is 0. The summed E-state index contributed by atoms with van der Waals surface area (Å²) in [5.41, 5.74) is 0.259. The highest BCUT2D eigenvalue weighted by molar-refractivity contribution is 5.43. The van der Waals surface area contributed by atoms with Crippen LogP contribution in [0.3, 0.4) is 0 Å². The minimum absolute atomic E-state index is 0.0603. The zero-order valence-electron chi connectivity index (χ0n) is 14.1. The fourth-order valence-corrected chi connectivity index (χ4v) is 2.74. The Morgan fingerprint density at radius 1 is 1.35 bits per heavy atom. The number of rotatable bonds is 8. The number of nitriles is 1. The van der Waals surface area contributed by atoms with E-state index in [2.05, 4.69) is 23.1 Å². The van der Waals surface area contributed by atoms with Crippen LogP contribution in [0.2, 0.25) is 0 Å². The van der Waals surface area contributed by atoms with E-state index in [1.807, 2.05) is 38.1 Å². The molecule has 2 aromatic rings. The molecule has 5 heteroatoms. The molecule has 0 N–H and O–H groups in total. The summed E-state index contributed by atoms with van der Waals surface area (Å²) in [5.74, 6) is 0.778. The van der Waals surface area contributed by atoms with Gasteiger partial charge in [0, 0.05) is 5.56 Å². The first-order valence-corrected chi connectivity index (χ1v) is 8.11. The lowest BCUT2D eigenvalue weighted by atomic mass is 9.77. The van der Waals surface area contributed by atoms with Gasteiger partial charge >= 0.3 is 0 Å². The Kier molecular flexibility index (Phi) is 5.75. The van der Waals surface area contributed by atoms with Crippen LogP contribution in [0.25, 0.3) is 0 Å². The van der Waals surface area contributed by atoms with Crippen molar-refractivity contribution >= 4 is 0 Å². The zero-order valence-corrected chi connectivity index (χ0v) is 14.1.